The lowest BCUT2D eigenvalue weighted by atomic mass is 9.71. The van der Waals surface area contributed by atoms with Gasteiger partial charge in [0.2, 0.25) is 11.8 Å². The van der Waals surface area contributed by atoms with Crippen LogP contribution < -0.4 is 9.47 Å². The summed E-state index contributed by atoms with van der Waals surface area (Å²) in [4.78, 5) is 24.2. The molecule has 49 heavy (non-hydrogen) atoms. The van der Waals surface area contributed by atoms with Crippen LogP contribution in [0.4, 0.5) is 4.79 Å². The zero-order valence-corrected chi connectivity index (χ0v) is 28.9. The molecule has 3 aromatic carbocycles. The number of hydrogen-bond acceptors (Lipinski definition) is 7. The summed E-state index contributed by atoms with van der Waals surface area (Å²) in [6, 6.07) is 31.8. The largest absolute Gasteiger partial charge is 0.473 e. The molecule has 1 fully saturated rings. The molecule has 0 saturated carbocycles. The second-order valence-electron chi connectivity index (χ2n) is 14.1. The van der Waals surface area contributed by atoms with Crippen LogP contribution in [0.25, 0.3) is 22.0 Å². The second kappa shape index (κ2) is 14.3. The summed E-state index contributed by atoms with van der Waals surface area (Å²) in [5.41, 5.74) is 3.60. The van der Waals surface area contributed by atoms with Crippen LogP contribution in [0, 0.1) is 11.8 Å². The number of carbonyl (C=O) groups is 1. The van der Waals surface area contributed by atoms with Crippen LogP contribution in [0.2, 0.25) is 0 Å². The molecule has 1 aliphatic rings. The number of pyridine rings is 2. The van der Waals surface area contributed by atoms with Crippen LogP contribution in [0.3, 0.4) is 0 Å². The molecule has 0 aliphatic carbocycles. The molecular weight excluding hydrogens is 614 g/mol. The number of aliphatic hydroxyl groups is 1. The van der Waals surface area contributed by atoms with Gasteiger partial charge in [0.1, 0.15) is 18.8 Å². The summed E-state index contributed by atoms with van der Waals surface area (Å²) in [5, 5.41) is 13.2. The van der Waals surface area contributed by atoms with E-state index >= 15 is 0 Å². The second-order valence-corrected chi connectivity index (χ2v) is 14.1. The molecule has 1 saturated heterocycles. The lowest BCUT2D eigenvalue weighted by molar-refractivity contribution is -0.0945. The molecule has 1 N–H and O–H groups in total. The van der Waals surface area contributed by atoms with Gasteiger partial charge in [0.05, 0.1) is 11.1 Å². The number of carbonyl (C=O) groups excluding carboxylic acids is 1. The van der Waals surface area contributed by atoms with Gasteiger partial charge in [-0.15, -0.1) is 0 Å². The van der Waals surface area contributed by atoms with Crippen LogP contribution in [0.15, 0.2) is 103 Å². The zero-order valence-electron chi connectivity index (χ0n) is 28.9. The highest BCUT2D eigenvalue weighted by molar-refractivity contribution is 5.85. The Labute approximate surface area is 288 Å². The van der Waals surface area contributed by atoms with Gasteiger partial charge in [-0.05, 0) is 74.1 Å². The van der Waals surface area contributed by atoms with E-state index in [1.165, 1.54) is 0 Å². The molecule has 0 radical (unpaired) electrons. The average molecular weight is 660 g/mol. The maximum Gasteiger partial charge on any atom is 0.410 e. The van der Waals surface area contributed by atoms with Crippen molar-refractivity contribution in [2.45, 2.75) is 65.5 Å². The molecule has 8 heteroatoms. The van der Waals surface area contributed by atoms with Crippen LogP contribution in [-0.4, -0.2) is 44.8 Å². The van der Waals surface area contributed by atoms with E-state index in [9.17, 15) is 9.90 Å². The number of amides is 1. The average Bonchev–Trinajstić information content (AvgIpc) is 3.09. The Morgan fingerprint density at radius 3 is 2.24 bits per heavy atom. The maximum absolute atomic E-state index is 12.9. The number of benzene rings is 3. The number of piperidine rings is 1. The van der Waals surface area contributed by atoms with Crippen LogP contribution in [0.1, 0.15) is 57.7 Å². The lowest BCUT2D eigenvalue weighted by Gasteiger charge is -2.46. The highest BCUT2D eigenvalue weighted by Gasteiger charge is 2.46. The highest BCUT2D eigenvalue weighted by atomic mass is 16.6. The van der Waals surface area contributed by atoms with Crippen molar-refractivity contribution in [1.82, 2.24) is 14.9 Å². The summed E-state index contributed by atoms with van der Waals surface area (Å²) in [6.45, 7) is 11.3. The molecule has 0 spiro atoms. The fourth-order valence-corrected chi connectivity index (χ4v) is 6.42. The standard InChI is InChI=1S/C41H45N3O5/c1-28(2)35-25-44(39(45)49-40(3,4)5)21-20-41(35,46)33-16-18-36-31(23-33)22-32(24-42-36)34-17-19-37(47-26-29-12-8-6-9-13-29)43-38(34)48-27-30-14-10-7-11-15-30/h6-19,22-24,28,35,46H,20-21,25-27H2,1-5H3. The maximum atomic E-state index is 12.9. The summed E-state index contributed by atoms with van der Waals surface area (Å²) >= 11 is 0. The van der Waals surface area contributed by atoms with Gasteiger partial charge >= 0.3 is 6.09 Å². The van der Waals surface area contributed by atoms with Crippen molar-refractivity contribution < 1.29 is 24.1 Å². The molecule has 254 valence electrons. The monoisotopic (exact) mass is 659 g/mol. The van der Waals surface area contributed by atoms with E-state index in [1.807, 2.05) is 118 Å². The smallest absolute Gasteiger partial charge is 0.410 e. The van der Waals surface area contributed by atoms with Gasteiger partial charge in [-0.1, -0.05) is 80.6 Å². The summed E-state index contributed by atoms with van der Waals surface area (Å²) in [6.07, 6.45) is 1.88. The van der Waals surface area contributed by atoms with Crippen LogP contribution >= 0.6 is 0 Å². The summed E-state index contributed by atoms with van der Waals surface area (Å²) in [5.74, 6) is 0.840. The first kappa shape index (κ1) is 33.9. The normalized spacial score (nSPS) is 18.0. The third-order valence-electron chi connectivity index (χ3n) is 9.02. The van der Waals surface area contributed by atoms with Gasteiger partial charge < -0.3 is 24.2 Å². The van der Waals surface area contributed by atoms with E-state index in [0.29, 0.717) is 44.5 Å². The Bertz CT molecular complexity index is 1890. The fraction of sp³-hybridized carbons (Fsp3) is 0.341. The van der Waals surface area contributed by atoms with Crippen molar-refractivity contribution in [1.29, 1.82) is 0 Å². The van der Waals surface area contributed by atoms with Gasteiger partial charge in [0.25, 0.3) is 0 Å². The van der Waals surface area contributed by atoms with E-state index in [4.69, 9.17) is 24.2 Å². The summed E-state index contributed by atoms with van der Waals surface area (Å²) < 4.78 is 18.0. The van der Waals surface area contributed by atoms with Crippen molar-refractivity contribution in [3.8, 4) is 22.9 Å². The van der Waals surface area contributed by atoms with Gasteiger partial charge in [0.15, 0.2) is 0 Å². The lowest BCUT2D eigenvalue weighted by Crippen LogP contribution is -2.54. The Kier molecular flexibility index (Phi) is 9.88. The van der Waals surface area contributed by atoms with Crippen LogP contribution in [-0.2, 0) is 23.6 Å². The van der Waals surface area contributed by atoms with E-state index < -0.39 is 11.2 Å². The van der Waals surface area contributed by atoms with Gasteiger partial charge in [-0.25, -0.2) is 4.79 Å². The number of nitrogens with zero attached hydrogens (tertiary/aromatic N) is 3. The topological polar surface area (TPSA) is 94.0 Å². The zero-order chi connectivity index (χ0) is 34.6. The molecule has 8 nitrogen and oxygen atoms in total. The van der Waals surface area contributed by atoms with Crippen molar-refractivity contribution >= 4 is 17.0 Å². The quantitative estimate of drug-likeness (QED) is 0.169. The molecule has 0 bridgehead atoms. The first-order valence-electron chi connectivity index (χ1n) is 16.9. The molecule has 5 aromatic rings. The Hall–Kier alpha value is -4.95. The van der Waals surface area contributed by atoms with Crippen molar-refractivity contribution in [2.75, 3.05) is 13.1 Å². The van der Waals surface area contributed by atoms with Crippen molar-refractivity contribution in [2.24, 2.45) is 11.8 Å². The molecule has 6 rings (SSSR count). The Morgan fingerprint density at radius 1 is 0.918 bits per heavy atom. The molecular formula is C41H45N3O5. The number of fused-ring (bicyclic) bond motifs is 1. The van der Waals surface area contributed by atoms with E-state index in [0.717, 1.165) is 38.7 Å². The minimum Gasteiger partial charge on any atom is -0.473 e. The third-order valence-corrected chi connectivity index (χ3v) is 9.02. The van der Waals surface area contributed by atoms with Gasteiger partial charge in [0, 0.05) is 47.8 Å². The van der Waals surface area contributed by atoms with E-state index in [-0.39, 0.29) is 17.9 Å². The minimum absolute atomic E-state index is 0.119. The van der Waals surface area contributed by atoms with Crippen LogP contribution in [0.5, 0.6) is 11.8 Å². The van der Waals surface area contributed by atoms with E-state index in [1.54, 1.807) is 4.90 Å². The number of rotatable bonds is 9. The van der Waals surface area contributed by atoms with Gasteiger partial charge in [-0.3, -0.25) is 4.98 Å². The predicted octanol–water partition coefficient (Wildman–Crippen LogP) is 8.56. The first-order valence-corrected chi connectivity index (χ1v) is 16.9. The molecule has 3 heterocycles. The van der Waals surface area contributed by atoms with E-state index in [2.05, 4.69) is 19.9 Å². The SMILES string of the molecule is CC(C)C1CN(C(=O)OC(C)(C)C)CCC1(O)c1ccc2ncc(-c3ccc(OCc4ccccc4)nc3OCc3ccccc3)cc2c1. The number of aromatic nitrogens is 2. The fourth-order valence-electron chi connectivity index (χ4n) is 6.42. The molecule has 1 amide bonds. The third kappa shape index (κ3) is 8.03. The van der Waals surface area contributed by atoms with Gasteiger partial charge in [-0.2, -0.15) is 4.98 Å². The summed E-state index contributed by atoms with van der Waals surface area (Å²) in [7, 11) is 0. The Morgan fingerprint density at radius 2 is 1.59 bits per heavy atom. The van der Waals surface area contributed by atoms with Crippen molar-refractivity contribution in [3.63, 3.8) is 0 Å². The predicted molar refractivity (Wildman–Crippen MR) is 191 cm³/mol. The molecule has 2 aromatic heterocycles. The van der Waals surface area contributed by atoms with Crippen molar-refractivity contribution in [3.05, 3.63) is 120 Å². The number of likely N-dealkylation sites (tertiary alicyclic amines) is 1. The minimum atomic E-state index is -1.12. The molecule has 2 atom stereocenters. The Balaban J connectivity index is 1.30. The first-order chi connectivity index (χ1) is 23.5. The molecule has 2 unspecified atom stereocenters. The molecule has 1 aliphatic heterocycles. The number of hydrogen-bond donors (Lipinski definition) is 1. The highest BCUT2D eigenvalue weighted by Crippen LogP contribution is 2.43. The number of ether oxygens (including phenoxy) is 3.